The normalized spacial score (nSPS) is 18.1. The molecule has 20 heavy (non-hydrogen) atoms. The van der Waals surface area contributed by atoms with Crippen LogP contribution in [0, 0.1) is 6.92 Å². The lowest BCUT2D eigenvalue weighted by molar-refractivity contribution is 0.102. The quantitative estimate of drug-likeness (QED) is 0.912. The van der Waals surface area contributed by atoms with Crippen molar-refractivity contribution < 1.29 is 4.79 Å². The van der Waals surface area contributed by atoms with E-state index in [0.29, 0.717) is 16.7 Å². The molecule has 0 saturated carbocycles. The van der Waals surface area contributed by atoms with Crippen LogP contribution in [-0.2, 0) is 0 Å². The highest BCUT2D eigenvalue weighted by atomic mass is 32.1. The number of nitrogens with one attached hydrogen (secondary N) is 2. The van der Waals surface area contributed by atoms with E-state index in [1.54, 1.807) is 0 Å². The molecule has 1 amide bonds. The minimum absolute atomic E-state index is 0.106. The van der Waals surface area contributed by atoms with Crippen LogP contribution in [0.1, 0.15) is 40.5 Å². The number of benzene rings is 1. The second kappa shape index (κ2) is 5.73. The van der Waals surface area contributed by atoms with E-state index in [-0.39, 0.29) is 5.91 Å². The van der Waals surface area contributed by atoms with Crippen molar-refractivity contribution in [2.45, 2.75) is 25.8 Å². The largest absolute Gasteiger partial charge is 0.309 e. The van der Waals surface area contributed by atoms with Crippen molar-refractivity contribution in [2.75, 3.05) is 11.9 Å². The van der Waals surface area contributed by atoms with Gasteiger partial charge in [0.05, 0.1) is 11.7 Å². The van der Waals surface area contributed by atoms with Crippen LogP contribution >= 0.6 is 11.3 Å². The molecule has 0 spiro atoms. The Labute approximate surface area is 122 Å². The molecule has 2 N–H and O–H groups in total. The molecule has 5 heteroatoms. The lowest BCUT2D eigenvalue weighted by Gasteiger charge is -2.05. The molecule has 1 aromatic carbocycles. The van der Waals surface area contributed by atoms with Crippen LogP contribution in [0.5, 0.6) is 0 Å². The third-order valence-electron chi connectivity index (χ3n) is 3.47. The van der Waals surface area contributed by atoms with Crippen molar-refractivity contribution in [2.24, 2.45) is 0 Å². The summed E-state index contributed by atoms with van der Waals surface area (Å²) in [6.07, 6.45) is 2.31. The second-order valence-electron chi connectivity index (χ2n) is 5.05. The summed E-state index contributed by atoms with van der Waals surface area (Å²) in [7, 11) is 0. The highest BCUT2D eigenvalue weighted by molar-refractivity contribution is 7.14. The Bertz CT molecular complexity index is 600. The summed E-state index contributed by atoms with van der Waals surface area (Å²) in [5.41, 5.74) is 2.84. The van der Waals surface area contributed by atoms with E-state index < -0.39 is 0 Å². The minimum atomic E-state index is -0.106. The number of hydrogen-bond acceptors (Lipinski definition) is 4. The summed E-state index contributed by atoms with van der Waals surface area (Å²) in [6.45, 7) is 3.05. The molecule has 2 heterocycles. The zero-order valence-corrected chi connectivity index (χ0v) is 12.2. The molecular formula is C15H17N3OS. The lowest BCUT2D eigenvalue weighted by atomic mass is 10.1. The van der Waals surface area contributed by atoms with Crippen LogP contribution in [0.2, 0.25) is 0 Å². The summed E-state index contributed by atoms with van der Waals surface area (Å²) in [6, 6.07) is 7.88. The monoisotopic (exact) mass is 287 g/mol. The highest BCUT2D eigenvalue weighted by Crippen LogP contribution is 2.26. The number of carbonyl (C=O) groups excluding carboxylic acids is 1. The molecule has 1 aliphatic heterocycles. The van der Waals surface area contributed by atoms with Gasteiger partial charge in [-0.15, -0.1) is 11.3 Å². The number of amides is 1. The summed E-state index contributed by atoms with van der Waals surface area (Å²) in [4.78, 5) is 16.6. The minimum Gasteiger partial charge on any atom is -0.309 e. The Morgan fingerprint density at radius 2 is 2.20 bits per heavy atom. The number of anilines is 1. The maximum atomic E-state index is 12.1. The van der Waals surface area contributed by atoms with Crippen molar-refractivity contribution in [1.29, 1.82) is 0 Å². The average molecular weight is 287 g/mol. The van der Waals surface area contributed by atoms with E-state index in [1.165, 1.54) is 17.8 Å². The van der Waals surface area contributed by atoms with Gasteiger partial charge >= 0.3 is 0 Å². The maximum absolute atomic E-state index is 12.1. The van der Waals surface area contributed by atoms with Gasteiger partial charge in [0.15, 0.2) is 5.13 Å². The van der Waals surface area contributed by atoms with E-state index in [0.717, 1.165) is 24.2 Å². The van der Waals surface area contributed by atoms with Crippen LogP contribution < -0.4 is 10.6 Å². The van der Waals surface area contributed by atoms with Gasteiger partial charge in [-0.25, -0.2) is 4.98 Å². The first kappa shape index (κ1) is 13.3. The number of hydrogen-bond donors (Lipinski definition) is 2. The number of aromatic nitrogens is 1. The summed E-state index contributed by atoms with van der Waals surface area (Å²) >= 11 is 1.48. The Kier molecular flexibility index (Phi) is 3.80. The second-order valence-corrected chi connectivity index (χ2v) is 5.90. The first-order valence-electron chi connectivity index (χ1n) is 6.79. The molecule has 0 bridgehead atoms. The molecule has 104 valence electrons. The first-order chi connectivity index (χ1) is 9.72. The standard InChI is InChI=1S/C15H17N3OS/c1-10-4-6-11(7-5-10)14(19)18-15-17-13(9-20-15)12-3-2-8-16-12/h4-7,9,12,16H,2-3,8H2,1H3,(H,17,18,19)/t12-/m1/s1. The molecule has 1 fully saturated rings. The number of nitrogens with zero attached hydrogens (tertiary/aromatic N) is 1. The average Bonchev–Trinajstić information content (AvgIpc) is 3.09. The van der Waals surface area contributed by atoms with E-state index in [2.05, 4.69) is 15.6 Å². The van der Waals surface area contributed by atoms with Crippen molar-refractivity contribution in [1.82, 2.24) is 10.3 Å². The number of rotatable bonds is 3. The maximum Gasteiger partial charge on any atom is 0.257 e. The van der Waals surface area contributed by atoms with Gasteiger partial charge in [-0.05, 0) is 38.4 Å². The van der Waals surface area contributed by atoms with Gasteiger partial charge in [-0.2, -0.15) is 0 Å². The number of aryl methyl sites for hydroxylation is 1. The Morgan fingerprint density at radius 1 is 1.40 bits per heavy atom. The van der Waals surface area contributed by atoms with Crippen molar-refractivity contribution >= 4 is 22.4 Å². The third-order valence-corrected chi connectivity index (χ3v) is 4.25. The predicted octanol–water partition coefficient (Wildman–Crippen LogP) is 3.13. The number of carbonyl (C=O) groups is 1. The fraction of sp³-hybridized carbons (Fsp3) is 0.333. The molecule has 0 aliphatic carbocycles. The van der Waals surface area contributed by atoms with E-state index in [1.807, 2.05) is 36.6 Å². The first-order valence-corrected chi connectivity index (χ1v) is 7.67. The van der Waals surface area contributed by atoms with Gasteiger partial charge in [-0.3, -0.25) is 10.1 Å². The van der Waals surface area contributed by atoms with E-state index in [9.17, 15) is 4.79 Å². The van der Waals surface area contributed by atoms with Gasteiger partial charge < -0.3 is 5.32 Å². The summed E-state index contributed by atoms with van der Waals surface area (Å²) < 4.78 is 0. The van der Waals surface area contributed by atoms with Gasteiger partial charge in [-0.1, -0.05) is 17.7 Å². The van der Waals surface area contributed by atoms with Crippen LogP contribution in [0.15, 0.2) is 29.6 Å². The Hall–Kier alpha value is -1.72. The van der Waals surface area contributed by atoms with Gasteiger partial charge in [0.25, 0.3) is 5.91 Å². The van der Waals surface area contributed by atoms with Gasteiger partial charge in [0.2, 0.25) is 0 Å². The number of thiazole rings is 1. The molecule has 0 radical (unpaired) electrons. The fourth-order valence-corrected chi connectivity index (χ4v) is 3.07. The van der Waals surface area contributed by atoms with Crippen LogP contribution in [0.3, 0.4) is 0 Å². The summed E-state index contributed by atoms with van der Waals surface area (Å²) in [5.74, 6) is -0.106. The zero-order valence-electron chi connectivity index (χ0n) is 11.3. The Morgan fingerprint density at radius 3 is 2.90 bits per heavy atom. The molecule has 0 unspecified atom stereocenters. The van der Waals surface area contributed by atoms with Crippen molar-refractivity contribution in [3.63, 3.8) is 0 Å². The van der Waals surface area contributed by atoms with Crippen LogP contribution in [-0.4, -0.2) is 17.4 Å². The zero-order chi connectivity index (χ0) is 13.9. The van der Waals surface area contributed by atoms with Gasteiger partial charge in [0, 0.05) is 10.9 Å². The molecule has 1 atom stereocenters. The molecule has 1 saturated heterocycles. The van der Waals surface area contributed by atoms with Gasteiger partial charge in [0.1, 0.15) is 0 Å². The fourth-order valence-electron chi connectivity index (χ4n) is 2.31. The predicted molar refractivity (Wildman–Crippen MR) is 81.2 cm³/mol. The molecule has 4 nitrogen and oxygen atoms in total. The molecule has 1 aromatic heterocycles. The van der Waals surface area contributed by atoms with Crippen LogP contribution in [0.25, 0.3) is 0 Å². The molecule has 1 aliphatic rings. The van der Waals surface area contributed by atoms with Crippen LogP contribution in [0.4, 0.5) is 5.13 Å². The third kappa shape index (κ3) is 2.89. The van der Waals surface area contributed by atoms with E-state index in [4.69, 9.17) is 0 Å². The lowest BCUT2D eigenvalue weighted by Crippen LogP contribution is -2.14. The smallest absolute Gasteiger partial charge is 0.257 e. The van der Waals surface area contributed by atoms with Crippen molar-refractivity contribution in [3.05, 3.63) is 46.5 Å². The SMILES string of the molecule is Cc1ccc(C(=O)Nc2nc([C@H]3CCCN3)cs2)cc1. The van der Waals surface area contributed by atoms with Crippen molar-refractivity contribution in [3.8, 4) is 0 Å². The Balaban J connectivity index is 1.68. The summed E-state index contributed by atoms with van der Waals surface area (Å²) in [5, 5.41) is 8.96. The van der Waals surface area contributed by atoms with E-state index >= 15 is 0 Å². The molecule has 3 rings (SSSR count). The highest BCUT2D eigenvalue weighted by Gasteiger charge is 2.19. The molecule has 2 aromatic rings. The molecular weight excluding hydrogens is 270 g/mol. The topological polar surface area (TPSA) is 54.0 Å².